The molecule has 0 aliphatic carbocycles. The number of nitrogens with one attached hydrogen (secondary N) is 3. The van der Waals surface area contributed by atoms with Gasteiger partial charge in [0.2, 0.25) is 5.95 Å². The van der Waals surface area contributed by atoms with Crippen molar-refractivity contribution in [1.82, 2.24) is 24.8 Å². The molecule has 31 heavy (non-hydrogen) atoms. The number of nitrogens with zero attached hydrogens (tertiary/aromatic N) is 5. The van der Waals surface area contributed by atoms with E-state index in [1.807, 2.05) is 6.92 Å². The van der Waals surface area contributed by atoms with E-state index in [-0.39, 0.29) is 5.95 Å². The van der Waals surface area contributed by atoms with Gasteiger partial charge < -0.3 is 25.6 Å². The maximum atomic E-state index is 12.2. The normalized spacial score (nSPS) is 23.7. The van der Waals surface area contributed by atoms with Crippen molar-refractivity contribution in [3.8, 4) is 0 Å². The van der Waals surface area contributed by atoms with Crippen molar-refractivity contribution in [2.24, 2.45) is 11.0 Å². The van der Waals surface area contributed by atoms with Crippen LogP contribution in [0.4, 0.5) is 11.8 Å². The molecule has 3 rings (SSSR count). The number of aliphatic hydroxyl groups excluding tert-OH is 2. The zero-order chi connectivity index (χ0) is 22.5. The lowest BCUT2D eigenvalue weighted by Crippen LogP contribution is -2.42. The molecule has 4 atom stereocenters. The predicted octanol–water partition coefficient (Wildman–Crippen LogP) is 0.457. The van der Waals surface area contributed by atoms with Gasteiger partial charge in [0.25, 0.3) is 5.91 Å². The van der Waals surface area contributed by atoms with Gasteiger partial charge in [-0.2, -0.15) is 15.1 Å². The number of fused-ring (bicyclic) bond motifs is 1. The van der Waals surface area contributed by atoms with Crippen LogP contribution in [0.25, 0.3) is 11.2 Å². The van der Waals surface area contributed by atoms with E-state index >= 15 is 0 Å². The first-order valence-electron chi connectivity index (χ1n) is 10.4. The molecule has 5 N–H and O–H groups in total. The average Bonchev–Trinajstić information content (AvgIpc) is 3.27. The van der Waals surface area contributed by atoms with E-state index in [1.165, 1.54) is 10.9 Å². The van der Waals surface area contributed by atoms with Gasteiger partial charge in [0.15, 0.2) is 29.3 Å². The minimum Gasteiger partial charge on any atom is -0.387 e. The number of likely N-dealkylation sites (N-methyl/N-ethyl adjacent to an activating group) is 1. The maximum absolute atomic E-state index is 12.2. The molecule has 3 heterocycles. The van der Waals surface area contributed by atoms with Gasteiger partial charge in [-0.1, -0.05) is 13.8 Å². The van der Waals surface area contributed by atoms with E-state index in [1.54, 1.807) is 13.1 Å². The molecular weight excluding hydrogens is 404 g/mol. The van der Waals surface area contributed by atoms with Crippen molar-refractivity contribution in [2.45, 2.75) is 58.7 Å². The summed E-state index contributed by atoms with van der Waals surface area (Å²) in [5.41, 5.74) is 3.64. The summed E-state index contributed by atoms with van der Waals surface area (Å²) >= 11 is 0. The van der Waals surface area contributed by atoms with E-state index in [0.717, 1.165) is 6.42 Å². The van der Waals surface area contributed by atoms with Crippen LogP contribution in [0.2, 0.25) is 0 Å². The monoisotopic (exact) mass is 434 g/mol. The molecule has 1 fully saturated rings. The molecule has 2 aromatic heterocycles. The number of carbonyl (C=O) groups excluding carboxylic acids is 1. The number of ether oxygens (including phenoxy) is 1. The van der Waals surface area contributed by atoms with E-state index in [2.05, 4.69) is 50.0 Å². The zero-order valence-corrected chi connectivity index (χ0v) is 18.1. The summed E-state index contributed by atoms with van der Waals surface area (Å²) in [7, 11) is 0. The molecule has 1 amide bonds. The lowest BCUT2D eigenvalue weighted by Gasteiger charge is -2.17. The first-order valence-corrected chi connectivity index (χ1v) is 10.4. The highest BCUT2D eigenvalue weighted by molar-refractivity contribution is 5.85. The molecule has 0 aromatic carbocycles. The molecule has 2 aromatic rings. The molecule has 1 saturated heterocycles. The first kappa shape index (κ1) is 22.8. The van der Waals surface area contributed by atoms with E-state index in [4.69, 9.17) is 4.74 Å². The Bertz CT molecular complexity index is 931. The molecule has 0 spiro atoms. The third-order valence-electron chi connectivity index (χ3n) is 4.72. The number of hydrogen-bond acceptors (Lipinski definition) is 10. The van der Waals surface area contributed by atoms with Gasteiger partial charge in [-0.15, -0.1) is 0 Å². The van der Waals surface area contributed by atoms with Gasteiger partial charge in [0, 0.05) is 19.3 Å². The number of rotatable bonds is 9. The smallest absolute Gasteiger partial charge is 0.252 e. The molecule has 12 nitrogen and oxygen atoms in total. The van der Waals surface area contributed by atoms with Crippen LogP contribution < -0.4 is 16.1 Å². The van der Waals surface area contributed by atoms with Crippen LogP contribution in [0.3, 0.4) is 0 Å². The number of aliphatic hydroxyl groups is 2. The Morgan fingerprint density at radius 2 is 2.06 bits per heavy atom. The lowest BCUT2D eigenvalue weighted by molar-refractivity contribution is -0.137. The minimum absolute atomic E-state index is 0.235. The van der Waals surface area contributed by atoms with Crippen LogP contribution in [0.15, 0.2) is 11.4 Å². The summed E-state index contributed by atoms with van der Waals surface area (Å²) in [6.45, 7) is 8.85. The van der Waals surface area contributed by atoms with Crippen LogP contribution in [0.5, 0.6) is 0 Å². The molecule has 0 saturated carbocycles. The summed E-state index contributed by atoms with van der Waals surface area (Å²) in [6, 6.07) is 0. The number of aromatic nitrogens is 4. The van der Waals surface area contributed by atoms with Crippen molar-refractivity contribution in [2.75, 3.05) is 23.8 Å². The second-order valence-electron chi connectivity index (χ2n) is 7.63. The van der Waals surface area contributed by atoms with Gasteiger partial charge in [0.05, 0.1) is 6.33 Å². The summed E-state index contributed by atoms with van der Waals surface area (Å²) in [6.07, 6.45) is -0.994. The van der Waals surface area contributed by atoms with Crippen LogP contribution in [0, 0.1) is 5.92 Å². The second kappa shape index (κ2) is 9.98. The van der Waals surface area contributed by atoms with Crippen LogP contribution >= 0.6 is 0 Å². The Labute approximate surface area is 180 Å². The van der Waals surface area contributed by atoms with Crippen molar-refractivity contribution >= 4 is 35.1 Å². The van der Waals surface area contributed by atoms with Crippen molar-refractivity contribution in [3.05, 3.63) is 6.33 Å². The van der Waals surface area contributed by atoms with Crippen molar-refractivity contribution in [1.29, 1.82) is 0 Å². The Balaban J connectivity index is 1.93. The Morgan fingerprint density at radius 1 is 1.29 bits per heavy atom. The molecule has 1 aliphatic rings. The summed E-state index contributed by atoms with van der Waals surface area (Å²) in [5.74, 6) is 0.698. The van der Waals surface area contributed by atoms with Crippen LogP contribution in [0.1, 0.15) is 40.3 Å². The number of anilines is 2. The number of hydrazone groups is 1. The van der Waals surface area contributed by atoms with E-state index in [9.17, 15) is 15.0 Å². The minimum atomic E-state index is -1.39. The summed E-state index contributed by atoms with van der Waals surface area (Å²) < 4.78 is 7.18. The second-order valence-corrected chi connectivity index (χ2v) is 7.63. The first-order chi connectivity index (χ1) is 14.9. The van der Waals surface area contributed by atoms with E-state index in [0.29, 0.717) is 36.0 Å². The maximum Gasteiger partial charge on any atom is 0.252 e. The molecule has 0 radical (unpaired) electrons. The number of amides is 1. The van der Waals surface area contributed by atoms with Crippen LogP contribution in [-0.4, -0.2) is 73.3 Å². The highest BCUT2D eigenvalue weighted by Gasteiger charge is 2.47. The Hall–Kier alpha value is -2.83. The van der Waals surface area contributed by atoms with Gasteiger partial charge in [-0.05, 0) is 26.2 Å². The summed E-state index contributed by atoms with van der Waals surface area (Å²) in [4.78, 5) is 25.4. The van der Waals surface area contributed by atoms with E-state index < -0.39 is 30.4 Å². The fourth-order valence-corrected chi connectivity index (χ4v) is 3.19. The highest BCUT2D eigenvalue weighted by atomic mass is 16.6. The number of hydrogen-bond donors (Lipinski definition) is 5. The quantitative estimate of drug-likeness (QED) is 0.279. The largest absolute Gasteiger partial charge is 0.387 e. The average molecular weight is 435 g/mol. The zero-order valence-electron chi connectivity index (χ0n) is 18.1. The third kappa shape index (κ3) is 4.92. The van der Waals surface area contributed by atoms with Crippen LogP contribution in [-0.2, 0) is 9.53 Å². The third-order valence-corrected chi connectivity index (χ3v) is 4.72. The summed E-state index contributed by atoms with van der Waals surface area (Å²) in [5, 5.41) is 30.7. The molecule has 170 valence electrons. The Kier molecular flexibility index (Phi) is 7.36. The van der Waals surface area contributed by atoms with Gasteiger partial charge in [0.1, 0.15) is 12.2 Å². The van der Waals surface area contributed by atoms with Crippen molar-refractivity contribution < 1.29 is 19.7 Å². The standard InChI is InChI=1S/C19H30N8O4/c1-5-20-15-11-16(25-19(24-15)26-23-8-7-10(3)4)27(9-22-11)18-13(29)12(28)14(31-18)17(30)21-6-2/h8-10,12-14,18,28-29H,5-7H2,1-4H3,(H,21,30)(H2,20,24,25,26)/b23-8+/t12-,13+,14-,18+/m0/s1. The SMILES string of the molecule is CCNC(=O)[C@H]1O[C@@H](n2cnc3c(NCC)nc(N/N=C/CC(C)C)nc32)[C@H](O)[C@@H]1O. The van der Waals surface area contributed by atoms with Gasteiger partial charge in [-0.3, -0.25) is 9.36 Å². The van der Waals surface area contributed by atoms with Crippen molar-refractivity contribution in [3.63, 3.8) is 0 Å². The fourth-order valence-electron chi connectivity index (χ4n) is 3.19. The van der Waals surface area contributed by atoms with Gasteiger partial charge in [-0.25, -0.2) is 10.4 Å². The highest BCUT2D eigenvalue weighted by Crippen LogP contribution is 2.33. The number of carbonyl (C=O) groups is 1. The molecule has 0 unspecified atom stereocenters. The lowest BCUT2D eigenvalue weighted by atomic mass is 10.1. The fraction of sp³-hybridized carbons (Fsp3) is 0.632. The topological polar surface area (TPSA) is 159 Å². The van der Waals surface area contributed by atoms with Gasteiger partial charge >= 0.3 is 0 Å². The Morgan fingerprint density at radius 3 is 2.74 bits per heavy atom. The molecule has 12 heteroatoms. The predicted molar refractivity (Wildman–Crippen MR) is 116 cm³/mol. The molecule has 1 aliphatic heterocycles. The number of imidazole rings is 1. The molecular formula is C19H30N8O4. The molecule has 0 bridgehead atoms.